The van der Waals surface area contributed by atoms with Crippen LogP contribution in [0.3, 0.4) is 0 Å². The molecular weight excluding hydrogens is 518 g/mol. The van der Waals surface area contributed by atoms with Gasteiger partial charge in [0.25, 0.3) is 5.91 Å². The van der Waals surface area contributed by atoms with Crippen LogP contribution in [0.4, 0.5) is 0 Å². The van der Waals surface area contributed by atoms with Gasteiger partial charge in [-0.3, -0.25) is 4.79 Å². The summed E-state index contributed by atoms with van der Waals surface area (Å²) in [6.45, 7) is 1.44. The predicted molar refractivity (Wildman–Crippen MR) is 142 cm³/mol. The summed E-state index contributed by atoms with van der Waals surface area (Å²) in [5.74, 6) is 0.588. The van der Waals surface area contributed by atoms with Crippen molar-refractivity contribution in [1.82, 2.24) is 9.73 Å². The Bertz CT molecular complexity index is 1380. The molecule has 0 aliphatic heterocycles. The Morgan fingerprint density at radius 3 is 2.32 bits per heavy atom. The topological polar surface area (TPSA) is 107 Å². The molecule has 0 aliphatic rings. The highest BCUT2D eigenvalue weighted by molar-refractivity contribution is 7.89. The van der Waals surface area contributed by atoms with Crippen molar-refractivity contribution in [3.63, 3.8) is 0 Å². The van der Waals surface area contributed by atoms with E-state index in [0.29, 0.717) is 27.8 Å². The SMILES string of the molecule is COc1ccc(/C=N\NC(=O)CN(Cc2cccc(C)c2)S(=O)(=O)c2ccc(Cl)cc2)c(OC)c1OC. The molecule has 9 nitrogen and oxygen atoms in total. The fourth-order valence-corrected chi connectivity index (χ4v) is 5.10. The Balaban J connectivity index is 1.82. The first-order valence-electron chi connectivity index (χ1n) is 11.1. The fourth-order valence-electron chi connectivity index (χ4n) is 3.59. The number of hydrogen-bond acceptors (Lipinski definition) is 7. The number of benzene rings is 3. The smallest absolute Gasteiger partial charge is 0.255 e. The molecule has 0 aliphatic carbocycles. The molecule has 3 aromatic rings. The average molecular weight is 546 g/mol. The highest BCUT2D eigenvalue weighted by atomic mass is 35.5. The zero-order chi connectivity index (χ0) is 27.0. The van der Waals surface area contributed by atoms with Gasteiger partial charge in [0.15, 0.2) is 11.5 Å². The van der Waals surface area contributed by atoms with Gasteiger partial charge in [-0.25, -0.2) is 13.8 Å². The molecule has 1 amide bonds. The Labute approximate surface area is 221 Å². The molecule has 0 bridgehead atoms. The number of carbonyl (C=O) groups excluding carboxylic acids is 1. The quantitative estimate of drug-likeness (QED) is 0.288. The second kappa shape index (κ2) is 12.6. The average Bonchev–Trinajstić information content (AvgIpc) is 2.88. The first kappa shape index (κ1) is 28.0. The summed E-state index contributed by atoms with van der Waals surface area (Å²) in [4.78, 5) is 12.8. The minimum absolute atomic E-state index is 0.00667. The maximum Gasteiger partial charge on any atom is 0.255 e. The number of nitrogens with one attached hydrogen (secondary N) is 1. The van der Waals surface area contributed by atoms with Crippen LogP contribution in [0.2, 0.25) is 5.02 Å². The van der Waals surface area contributed by atoms with E-state index in [1.54, 1.807) is 18.2 Å². The maximum atomic E-state index is 13.4. The van der Waals surface area contributed by atoms with Crippen LogP contribution in [0.25, 0.3) is 0 Å². The van der Waals surface area contributed by atoms with Crippen molar-refractivity contribution < 1.29 is 27.4 Å². The van der Waals surface area contributed by atoms with Crippen LogP contribution in [0, 0.1) is 6.92 Å². The summed E-state index contributed by atoms with van der Waals surface area (Å²) in [5.41, 5.74) is 4.62. The normalized spacial score (nSPS) is 11.5. The molecule has 0 saturated carbocycles. The molecule has 0 aromatic heterocycles. The monoisotopic (exact) mass is 545 g/mol. The molecule has 3 rings (SSSR count). The lowest BCUT2D eigenvalue weighted by Crippen LogP contribution is -2.39. The van der Waals surface area contributed by atoms with E-state index >= 15 is 0 Å². The van der Waals surface area contributed by atoms with Gasteiger partial charge in [-0.15, -0.1) is 0 Å². The Morgan fingerprint density at radius 1 is 1.00 bits per heavy atom. The number of aryl methyl sites for hydroxylation is 1. The molecule has 0 atom stereocenters. The summed E-state index contributed by atoms with van der Waals surface area (Å²) in [5, 5.41) is 4.39. The molecule has 37 heavy (non-hydrogen) atoms. The number of sulfonamides is 1. The lowest BCUT2D eigenvalue weighted by Gasteiger charge is -2.22. The summed E-state index contributed by atoms with van der Waals surface area (Å²) in [7, 11) is 0.438. The molecule has 1 N–H and O–H groups in total. The van der Waals surface area contributed by atoms with Crippen molar-refractivity contribution in [2.75, 3.05) is 27.9 Å². The van der Waals surface area contributed by atoms with Crippen LogP contribution in [0.15, 0.2) is 70.7 Å². The third-order valence-corrected chi connectivity index (χ3v) is 7.40. The van der Waals surface area contributed by atoms with Gasteiger partial charge in [-0.2, -0.15) is 9.41 Å². The number of hydrazone groups is 1. The second-order valence-electron chi connectivity index (χ2n) is 7.93. The molecule has 0 heterocycles. The van der Waals surface area contributed by atoms with Crippen molar-refractivity contribution >= 4 is 33.7 Å². The van der Waals surface area contributed by atoms with Crippen molar-refractivity contribution in [2.45, 2.75) is 18.4 Å². The first-order chi connectivity index (χ1) is 17.7. The zero-order valence-electron chi connectivity index (χ0n) is 20.9. The van der Waals surface area contributed by atoms with E-state index in [1.807, 2.05) is 25.1 Å². The second-order valence-corrected chi connectivity index (χ2v) is 10.3. The van der Waals surface area contributed by atoms with Crippen molar-refractivity contribution in [2.24, 2.45) is 5.10 Å². The van der Waals surface area contributed by atoms with Gasteiger partial charge in [-0.1, -0.05) is 41.4 Å². The van der Waals surface area contributed by atoms with Crippen LogP contribution in [-0.2, 0) is 21.4 Å². The van der Waals surface area contributed by atoms with E-state index in [9.17, 15) is 13.2 Å². The molecule has 196 valence electrons. The number of halogens is 1. The lowest BCUT2D eigenvalue weighted by atomic mass is 10.1. The Kier molecular flexibility index (Phi) is 9.51. The van der Waals surface area contributed by atoms with Crippen LogP contribution in [0.5, 0.6) is 17.2 Å². The summed E-state index contributed by atoms with van der Waals surface area (Å²) >= 11 is 5.93. The van der Waals surface area contributed by atoms with Crippen molar-refractivity contribution in [1.29, 1.82) is 0 Å². The van der Waals surface area contributed by atoms with Crippen molar-refractivity contribution in [3.8, 4) is 17.2 Å². The van der Waals surface area contributed by atoms with Gasteiger partial charge in [0.1, 0.15) is 0 Å². The van der Waals surface area contributed by atoms with E-state index in [-0.39, 0.29) is 11.4 Å². The van der Waals surface area contributed by atoms with E-state index < -0.39 is 22.5 Å². The van der Waals surface area contributed by atoms with Gasteiger partial charge >= 0.3 is 0 Å². The highest BCUT2D eigenvalue weighted by Crippen LogP contribution is 2.39. The molecule has 0 saturated heterocycles. The molecule has 0 spiro atoms. The van der Waals surface area contributed by atoms with Crippen molar-refractivity contribution in [3.05, 3.63) is 82.4 Å². The number of rotatable bonds is 11. The number of ether oxygens (including phenoxy) is 3. The number of nitrogens with zero attached hydrogens (tertiary/aromatic N) is 2. The number of methoxy groups -OCH3 is 3. The van der Waals surface area contributed by atoms with Crippen LogP contribution in [0.1, 0.15) is 16.7 Å². The molecule has 0 radical (unpaired) electrons. The van der Waals surface area contributed by atoms with Gasteiger partial charge in [0.2, 0.25) is 15.8 Å². The maximum absolute atomic E-state index is 13.4. The molecule has 3 aromatic carbocycles. The standard InChI is InChI=1S/C26H28ClN3O6S/c1-18-6-5-7-19(14-18)16-30(37(32,33)22-11-9-21(27)10-12-22)17-24(31)29-28-15-20-8-13-23(34-2)26(36-4)25(20)35-3/h5-15H,16-17H2,1-4H3,(H,29,31)/b28-15-. The van der Waals surface area contributed by atoms with Crippen LogP contribution >= 0.6 is 11.6 Å². The summed E-state index contributed by atoms with van der Waals surface area (Å²) < 4.78 is 43.9. The van der Waals surface area contributed by atoms with Gasteiger partial charge in [-0.05, 0) is 48.9 Å². The highest BCUT2D eigenvalue weighted by Gasteiger charge is 2.27. The third-order valence-electron chi connectivity index (χ3n) is 5.34. The van der Waals surface area contributed by atoms with Gasteiger partial charge < -0.3 is 14.2 Å². The third kappa shape index (κ3) is 7.00. The van der Waals surface area contributed by atoms with Crippen LogP contribution in [-0.4, -0.2) is 52.7 Å². The largest absolute Gasteiger partial charge is 0.493 e. The molecular formula is C26H28ClN3O6S. The molecule has 0 unspecified atom stereocenters. The number of amides is 1. The molecule has 0 fully saturated rings. The summed E-state index contributed by atoms with van der Waals surface area (Å²) in [6.07, 6.45) is 1.37. The number of hydrogen-bond donors (Lipinski definition) is 1. The fraction of sp³-hybridized carbons (Fsp3) is 0.231. The number of carbonyl (C=O) groups is 1. The summed E-state index contributed by atoms with van der Waals surface area (Å²) in [6, 6.07) is 16.5. The minimum Gasteiger partial charge on any atom is -0.493 e. The van der Waals surface area contributed by atoms with Crippen LogP contribution < -0.4 is 19.6 Å². The predicted octanol–water partition coefficient (Wildman–Crippen LogP) is 4.02. The lowest BCUT2D eigenvalue weighted by molar-refractivity contribution is -0.121. The van der Waals surface area contributed by atoms with Gasteiger partial charge in [0.05, 0.1) is 39.0 Å². The Morgan fingerprint density at radius 2 is 1.70 bits per heavy atom. The van der Waals surface area contributed by atoms with Gasteiger partial charge in [0, 0.05) is 17.1 Å². The van der Waals surface area contributed by atoms with E-state index in [2.05, 4.69) is 10.5 Å². The molecule has 11 heteroatoms. The zero-order valence-corrected chi connectivity index (χ0v) is 22.5. The van der Waals surface area contributed by atoms with E-state index in [1.165, 1.54) is 51.8 Å². The Hall–Kier alpha value is -3.60. The van der Waals surface area contributed by atoms with E-state index in [0.717, 1.165) is 15.4 Å². The van der Waals surface area contributed by atoms with E-state index in [4.69, 9.17) is 25.8 Å². The first-order valence-corrected chi connectivity index (χ1v) is 12.9. The minimum atomic E-state index is -4.02.